The van der Waals surface area contributed by atoms with E-state index in [0.717, 1.165) is 11.1 Å². The second-order valence-corrected chi connectivity index (χ2v) is 4.78. The molecule has 0 unspecified atom stereocenters. The highest BCUT2D eigenvalue weighted by molar-refractivity contribution is 6.03. The number of nitrogens with zero attached hydrogens (tertiary/aromatic N) is 1. The van der Waals surface area contributed by atoms with Crippen LogP contribution in [-0.2, 0) is 11.3 Å². The summed E-state index contributed by atoms with van der Waals surface area (Å²) in [6.07, 6.45) is 1.65. The van der Waals surface area contributed by atoms with Gasteiger partial charge in [0.05, 0.1) is 0 Å². The minimum atomic E-state index is -0.209. The fourth-order valence-corrected chi connectivity index (χ4v) is 1.79. The predicted octanol–water partition coefficient (Wildman–Crippen LogP) is 2.28. The first-order chi connectivity index (χ1) is 10.0. The van der Waals surface area contributed by atoms with Gasteiger partial charge in [-0.05, 0) is 42.3 Å². The van der Waals surface area contributed by atoms with Gasteiger partial charge in [-0.2, -0.15) is 0 Å². The normalized spacial score (nSPS) is 10.0. The molecule has 0 saturated heterocycles. The molecule has 2 aromatic rings. The SMILES string of the molecule is CC(=O)NCc1ccc(C(=O)Nc2cc(C)ccn2)cc1. The molecule has 0 radical (unpaired) electrons. The molecule has 108 valence electrons. The van der Waals surface area contributed by atoms with Gasteiger partial charge in [-0.15, -0.1) is 0 Å². The van der Waals surface area contributed by atoms with Crippen molar-refractivity contribution < 1.29 is 9.59 Å². The number of anilines is 1. The Bertz CT molecular complexity index is 651. The van der Waals surface area contributed by atoms with Gasteiger partial charge in [-0.25, -0.2) is 4.98 Å². The van der Waals surface area contributed by atoms with Gasteiger partial charge >= 0.3 is 0 Å². The van der Waals surface area contributed by atoms with Crippen molar-refractivity contribution in [1.82, 2.24) is 10.3 Å². The van der Waals surface area contributed by atoms with Crippen LogP contribution in [0.3, 0.4) is 0 Å². The third-order valence-corrected chi connectivity index (χ3v) is 2.91. The van der Waals surface area contributed by atoms with Crippen LogP contribution in [-0.4, -0.2) is 16.8 Å². The van der Waals surface area contributed by atoms with Crippen LogP contribution < -0.4 is 10.6 Å². The Morgan fingerprint density at radius 1 is 1.14 bits per heavy atom. The van der Waals surface area contributed by atoms with Crippen LogP contribution in [0.1, 0.15) is 28.4 Å². The van der Waals surface area contributed by atoms with E-state index < -0.39 is 0 Å². The third kappa shape index (κ3) is 4.42. The minimum Gasteiger partial charge on any atom is -0.352 e. The third-order valence-electron chi connectivity index (χ3n) is 2.91. The molecule has 2 amide bonds. The summed E-state index contributed by atoms with van der Waals surface area (Å²) in [6.45, 7) is 3.86. The van der Waals surface area contributed by atoms with Gasteiger partial charge in [-0.3, -0.25) is 9.59 Å². The molecule has 2 rings (SSSR count). The number of hydrogen-bond acceptors (Lipinski definition) is 3. The van der Waals surface area contributed by atoms with Gasteiger partial charge in [0.25, 0.3) is 5.91 Å². The van der Waals surface area contributed by atoms with Crippen LogP contribution in [0, 0.1) is 6.92 Å². The van der Waals surface area contributed by atoms with Crippen LogP contribution in [0.5, 0.6) is 0 Å². The van der Waals surface area contributed by atoms with Crippen LogP contribution in [0.4, 0.5) is 5.82 Å². The standard InChI is InChI=1S/C16H17N3O2/c1-11-7-8-17-15(9-11)19-16(21)14-5-3-13(4-6-14)10-18-12(2)20/h3-9H,10H2,1-2H3,(H,18,20)(H,17,19,21). The van der Waals surface area contributed by atoms with E-state index in [1.165, 1.54) is 6.92 Å². The van der Waals surface area contributed by atoms with Gasteiger partial charge in [0.1, 0.15) is 5.82 Å². The highest BCUT2D eigenvalue weighted by atomic mass is 16.2. The van der Waals surface area contributed by atoms with E-state index in [9.17, 15) is 9.59 Å². The van der Waals surface area contributed by atoms with Gasteiger partial charge in [0.15, 0.2) is 0 Å². The van der Waals surface area contributed by atoms with Crippen LogP contribution >= 0.6 is 0 Å². The van der Waals surface area contributed by atoms with Crippen LogP contribution in [0.2, 0.25) is 0 Å². The lowest BCUT2D eigenvalue weighted by atomic mass is 10.1. The zero-order valence-electron chi connectivity index (χ0n) is 12.0. The zero-order chi connectivity index (χ0) is 15.2. The van der Waals surface area contributed by atoms with Gasteiger partial charge in [0, 0.05) is 25.2 Å². The lowest BCUT2D eigenvalue weighted by Crippen LogP contribution is -2.19. The summed E-state index contributed by atoms with van der Waals surface area (Å²) in [5, 5.41) is 5.46. The van der Waals surface area contributed by atoms with E-state index in [4.69, 9.17) is 0 Å². The molecule has 2 N–H and O–H groups in total. The Morgan fingerprint density at radius 3 is 2.48 bits per heavy atom. The zero-order valence-corrected chi connectivity index (χ0v) is 12.0. The van der Waals surface area contributed by atoms with Gasteiger partial charge < -0.3 is 10.6 Å². The minimum absolute atomic E-state index is 0.0812. The number of hydrogen-bond donors (Lipinski definition) is 2. The van der Waals surface area contributed by atoms with E-state index in [1.807, 2.05) is 31.2 Å². The fraction of sp³-hybridized carbons (Fsp3) is 0.188. The van der Waals surface area contributed by atoms with Crippen molar-refractivity contribution in [2.45, 2.75) is 20.4 Å². The van der Waals surface area contributed by atoms with E-state index in [1.54, 1.807) is 18.3 Å². The first kappa shape index (κ1) is 14.7. The Labute approximate surface area is 123 Å². The lowest BCUT2D eigenvalue weighted by Gasteiger charge is -2.06. The Kier molecular flexibility index (Phi) is 4.66. The molecular weight excluding hydrogens is 266 g/mol. The molecule has 0 atom stereocenters. The van der Waals surface area contributed by atoms with Crippen molar-refractivity contribution in [3.8, 4) is 0 Å². The summed E-state index contributed by atoms with van der Waals surface area (Å²) in [7, 11) is 0. The molecule has 1 aromatic heterocycles. The first-order valence-electron chi connectivity index (χ1n) is 6.62. The van der Waals surface area contributed by atoms with Crippen LogP contribution in [0.15, 0.2) is 42.6 Å². The van der Waals surface area contributed by atoms with Crippen LogP contribution in [0.25, 0.3) is 0 Å². The second-order valence-electron chi connectivity index (χ2n) is 4.78. The molecule has 1 aromatic carbocycles. The van der Waals surface area contributed by atoms with Crippen molar-refractivity contribution in [3.63, 3.8) is 0 Å². The van der Waals surface area contributed by atoms with E-state index in [0.29, 0.717) is 17.9 Å². The van der Waals surface area contributed by atoms with Gasteiger partial charge in [-0.1, -0.05) is 12.1 Å². The number of nitrogens with one attached hydrogen (secondary N) is 2. The monoisotopic (exact) mass is 283 g/mol. The fourth-order valence-electron chi connectivity index (χ4n) is 1.79. The topological polar surface area (TPSA) is 71.1 Å². The molecule has 0 aliphatic rings. The number of carbonyl (C=O) groups is 2. The number of rotatable bonds is 4. The summed E-state index contributed by atoms with van der Waals surface area (Å²) >= 11 is 0. The summed E-state index contributed by atoms with van der Waals surface area (Å²) in [5.41, 5.74) is 2.52. The Morgan fingerprint density at radius 2 is 1.86 bits per heavy atom. The maximum Gasteiger partial charge on any atom is 0.256 e. The molecule has 5 nitrogen and oxygen atoms in total. The van der Waals surface area contributed by atoms with E-state index in [-0.39, 0.29) is 11.8 Å². The van der Waals surface area contributed by atoms with Gasteiger partial charge in [0.2, 0.25) is 5.91 Å². The lowest BCUT2D eigenvalue weighted by molar-refractivity contribution is -0.119. The summed E-state index contributed by atoms with van der Waals surface area (Å²) in [5.74, 6) is 0.240. The van der Waals surface area contributed by atoms with Crippen molar-refractivity contribution >= 4 is 17.6 Å². The molecule has 21 heavy (non-hydrogen) atoms. The molecular formula is C16H17N3O2. The predicted molar refractivity (Wildman–Crippen MR) is 80.9 cm³/mol. The number of amides is 2. The Balaban J connectivity index is 2.01. The number of pyridine rings is 1. The van der Waals surface area contributed by atoms with Crippen molar-refractivity contribution in [2.24, 2.45) is 0 Å². The largest absolute Gasteiger partial charge is 0.352 e. The summed E-state index contributed by atoms with van der Waals surface area (Å²) < 4.78 is 0. The quantitative estimate of drug-likeness (QED) is 0.904. The number of aromatic nitrogens is 1. The summed E-state index contributed by atoms with van der Waals surface area (Å²) in [6, 6.07) is 10.8. The smallest absolute Gasteiger partial charge is 0.256 e. The molecule has 0 spiro atoms. The maximum atomic E-state index is 12.1. The first-order valence-corrected chi connectivity index (χ1v) is 6.62. The molecule has 5 heteroatoms. The number of benzene rings is 1. The molecule has 0 fully saturated rings. The molecule has 0 bridgehead atoms. The second kappa shape index (κ2) is 6.65. The van der Waals surface area contributed by atoms with E-state index in [2.05, 4.69) is 15.6 Å². The molecule has 1 heterocycles. The highest BCUT2D eigenvalue weighted by Crippen LogP contribution is 2.09. The molecule has 0 aliphatic carbocycles. The summed E-state index contributed by atoms with van der Waals surface area (Å²) in [4.78, 5) is 27.0. The number of aryl methyl sites for hydroxylation is 1. The average molecular weight is 283 g/mol. The highest BCUT2D eigenvalue weighted by Gasteiger charge is 2.07. The number of carbonyl (C=O) groups excluding carboxylic acids is 2. The van der Waals surface area contributed by atoms with Crippen molar-refractivity contribution in [3.05, 3.63) is 59.3 Å². The molecule has 0 saturated carbocycles. The van der Waals surface area contributed by atoms with E-state index >= 15 is 0 Å². The molecule has 0 aliphatic heterocycles. The van der Waals surface area contributed by atoms with Crippen molar-refractivity contribution in [2.75, 3.05) is 5.32 Å². The maximum absolute atomic E-state index is 12.1. The van der Waals surface area contributed by atoms with Crippen molar-refractivity contribution in [1.29, 1.82) is 0 Å². The Hall–Kier alpha value is -2.69. The average Bonchev–Trinajstić information content (AvgIpc) is 2.45.